The molecule has 0 spiro atoms. The quantitative estimate of drug-likeness (QED) is 0.733. The molecule has 2 rings (SSSR count). The molecule has 0 fully saturated rings. The summed E-state index contributed by atoms with van der Waals surface area (Å²) in [7, 11) is 0. The molecule has 22 heavy (non-hydrogen) atoms. The first kappa shape index (κ1) is 16.1. The van der Waals surface area contributed by atoms with Gasteiger partial charge in [0.2, 0.25) is 0 Å². The molecule has 2 heteroatoms. The number of aryl methyl sites for hydroxylation is 1. The van der Waals surface area contributed by atoms with Crippen molar-refractivity contribution in [3.05, 3.63) is 65.2 Å². The first-order valence-corrected chi connectivity index (χ1v) is 7.79. The van der Waals surface area contributed by atoms with Crippen LogP contribution in [0.15, 0.2) is 48.5 Å². The number of hydrogen-bond acceptors (Lipinski definition) is 2. The second-order valence-corrected chi connectivity index (χ2v) is 5.96. The highest BCUT2D eigenvalue weighted by Gasteiger charge is 2.11. The van der Waals surface area contributed by atoms with Crippen LogP contribution in [0.1, 0.15) is 48.8 Å². The Morgan fingerprint density at radius 3 is 2.32 bits per heavy atom. The molecule has 1 unspecified atom stereocenters. The van der Waals surface area contributed by atoms with Gasteiger partial charge in [-0.2, -0.15) is 5.26 Å². The van der Waals surface area contributed by atoms with Crippen molar-refractivity contribution in [1.29, 1.82) is 5.26 Å². The third-order valence-corrected chi connectivity index (χ3v) is 3.83. The molecule has 2 aromatic carbocycles. The number of ether oxygens (including phenoxy) is 1. The molecule has 0 saturated carbocycles. The van der Waals surface area contributed by atoms with E-state index in [1.165, 1.54) is 11.1 Å². The van der Waals surface area contributed by atoms with E-state index >= 15 is 0 Å². The van der Waals surface area contributed by atoms with Gasteiger partial charge in [-0.25, -0.2) is 0 Å². The van der Waals surface area contributed by atoms with Crippen LogP contribution in [-0.4, -0.2) is 6.61 Å². The molecule has 0 saturated heterocycles. The summed E-state index contributed by atoms with van der Waals surface area (Å²) in [6, 6.07) is 18.7. The van der Waals surface area contributed by atoms with E-state index in [2.05, 4.69) is 44.2 Å². The predicted molar refractivity (Wildman–Crippen MR) is 90.2 cm³/mol. The van der Waals surface area contributed by atoms with Crippen LogP contribution >= 0.6 is 0 Å². The maximum Gasteiger partial charge on any atom is 0.119 e. The molecule has 0 heterocycles. The summed E-state index contributed by atoms with van der Waals surface area (Å²) in [5.74, 6) is 1.26. The van der Waals surface area contributed by atoms with Gasteiger partial charge in [-0.1, -0.05) is 50.2 Å². The lowest BCUT2D eigenvalue weighted by molar-refractivity contribution is 0.306. The van der Waals surface area contributed by atoms with Gasteiger partial charge in [0.1, 0.15) is 5.75 Å². The van der Waals surface area contributed by atoms with Crippen LogP contribution < -0.4 is 4.74 Å². The maximum atomic E-state index is 9.39. The van der Waals surface area contributed by atoms with E-state index < -0.39 is 0 Å². The normalized spacial score (nSPS) is 12.0. The van der Waals surface area contributed by atoms with Crippen LogP contribution in [-0.2, 0) is 0 Å². The minimum atomic E-state index is -0.119. The molecule has 0 bridgehead atoms. The van der Waals surface area contributed by atoms with Crippen molar-refractivity contribution in [2.75, 3.05) is 6.61 Å². The van der Waals surface area contributed by atoms with Crippen LogP contribution in [0.4, 0.5) is 0 Å². The molecule has 0 aromatic heterocycles. The summed E-state index contributed by atoms with van der Waals surface area (Å²) < 4.78 is 5.75. The number of nitrogens with zero attached hydrogens (tertiary/aromatic N) is 1. The zero-order valence-electron chi connectivity index (χ0n) is 13.5. The van der Waals surface area contributed by atoms with Gasteiger partial charge in [-0.3, -0.25) is 0 Å². The van der Waals surface area contributed by atoms with Crippen molar-refractivity contribution < 1.29 is 4.74 Å². The highest BCUT2D eigenvalue weighted by Crippen LogP contribution is 2.23. The number of rotatable bonds is 6. The average molecular weight is 293 g/mol. The molecule has 0 aliphatic rings. The minimum absolute atomic E-state index is 0.119. The molecule has 0 N–H and O–H groups in total. The maximum absolute atomic E-state index is 9.39. The molecule has 114 valence electrons. The highest BCUT2D eigenvalue weighted by atomic mass is 16.5. The zero-order valence-corrected chi connectivity index (χ0v) is 13.5. The zero-order chi connectivity index (χ0) is 15.9. The largest absolute Gasteiger partial charge is 0.494 e. The summed E-state index contributed by atoms with van der Waals surface area (Å²) in [5, 5.41) is 9.39. The van der Waals surface area contributed by atoms with E-state index in [0.717, 1.165) is 11.3 Å². The van der Waals surface area contributed by atoms with E-state index in [4.69, 9.17) is 4.74 Å². The van der Waals surface area contributed by atoms with Crippen LogP contribution in [0.25, 0.3) is 0 Å². The molecule has 2 aromatic rings. The summed E-state index contributed by atoms with van der Waals surface area (Å²) >= 11 is 0. The number of benzene rings is 2. The van der Waals surface area contributed by atoms with E-state index in [-0.39, 0.29) is 5.92 Å². The molecule has 0 radical (unpaired) electrons. The van der Waals surface area contributed by atoms with Crippen molar-refractivity contribution >= 4 is 0 Å². The number of nitriles is 1. The summed E-state index contributed by atoms with van der Waals surface area (Å²) in [6.45, 7) is 6.94. The van der Waals surface area contributed by atoms with Crippen molar-refractivity contribution in [2.45, 2.75) is 39.0 Å². The van der Waals surface area contributed by atoms with Crippen molar-refractivity contribution in [2.24, 2.45) is 0 Å². The molecular weight excluding hydrogens is 270 g/mol. The van der Waals surface area contributed by atoms with Crippen molar-refractivity contribution in [1.82, 2.24) is 0 Å². The van der Waals surface area contributed by atoms with Gasteiger partial charge >= 0.3 is 0 Å². The topological polar surface area (TPSA) is 33.0 Å². The van der Waals surface area contributed by atoms with E-state index in [1.807, 2.05) is 31.2 Å². The Labute approximate surface area is 133 Å². The third kappa shape index (κ3) is 4.36. The first-order valence-electron chi connectivity index (χ1n) is 7.79. The Balaban J connectivity index is 1.93. The molecule has 1 atom stereocenters. The van der Waals surface area contributed by atoms with Gasteiger partial charge < -0.3 is 4.74 Å². The van der Waals surface area contributed by atoms with Crippen LogP contribution in [0.2, 0.25) is 0 Å². The highest BCUT2D eigenvalue weighted by molar-refractivity contribution is 5.30. The minimum Gasteiger partial charge on any atom is -0.494 e. The predicted octanol–water partition coefficient (Wildman–Crippen LogP) is 5.19. The SMILES string of the molecule is Cc1cccc(OCCC(C#N)c2ccc(C(C)C)cc2)c1. The monoisotopic (exact) mass is 293 g/mol. The fourth-order valence-corrected chi connectivity index (χ4v) is 2.42. The van der Waals surface area contributed by atoms with Crippen molar-refractivity contribution in [3.8, 4) is 11.8 Å². The Hall–Kier alpha value is -2.27. The molecular formula is C20H23NO. The Kier molecular flexibility index (Phi) is 5.61. The Bertz CT molecular complexity index is 638. The number of hydrogen-bond donors (Lipinski definition) is 0. The Morgan fingerprint density at radius 2 is 1.73 bits per heavy atom. The molecule has 2 nitrogen and oxygen atoms in total. The van der Waals surface area contributed by atoms with Gasteiger partial charge in [-0.15, -0.1) is 0 Å². The lowest BCUT2D eigenvalue weighted by atomic mass is 9.94. The molecule has 0 aliphatic carbocycles. The molecule has 0 aliphatic heterocycles. The van der Waals surface area contributed by atoms with Gasteiger partial charge in [0, 0.05) is 6.42 Å². The lowest BCUT2D eigenvalue weighted by Gasteiger charge is -2.12. The fraction of sp³-hybridized carbons (Fsp3) is 0.350. The second-order valence-electron chi connectivity index (χ2n) is 5.96. The van der Waals surface area contributed by atoms with Gasteiger partial charge in [0.15, 0.2) is 0 Å². The lowest BCUT2D eigenvalue weighted by Crippen LogP contribution is -2.05. The van der Waals surface area contributed by atoms with E-state index in [1.54, 1.807) is 0 Å². The summed E-state index contributed by atoms with van der Waals surface area (Å²) in [4.78, 5) is 0. The van der Waals surface area contributed by atoms with Gasteiger partial charge in [0.25, 0.3) is 0 Å². The first-order chi connectivity index (χ1) is 10.6. The second kappa shape index (κ2) is 7.66. The van der Waals surface area contributed by atoms with E-state index in [0.29, 0.717) is 18.9 Å². The van der Waals surface area contributed by atoms with Gasteiger partial charge in [-0.05, 0) is 41.7 Å². The summed E-state index contributed by atoms with van der Waals surface area (Å²) in [5.41, 5.74) is 3.55. The smallest absolute Gasteiger partial charge is 0.119 e. The molecule has 0 amide bonds. The van der Waals surface area contributed by atoms with Crippen LogP contribution in [0.5, 0.6) is 5.75 Å². The van der Waals surface area contributed by atoms with Crippen LogP contribution in [0.3, 0.4) is 0 Å². The average Bonchev–Trinajstić information content (AvgIpc) is 2.52. The standard InChI is InChI=1S/C20H23NO/c1-15(2)17-7-9-18(10-8-17)19(14-21)11-12-22-20-6-4-5-16(3)13-20/h4-10,13,15,19H,11-12H2,1-3H3. The van der Waals surface area contributed by atoms with Gasteiger partial charge in [0.05, 0.1) is 18.6 Å². The van der Waals surface area contributed by atoms with Crippen molar-refractivity contribution in [3.63, 3.8) is 0 Å². The van der Waals surface area contributed by atoms with Crippen LogP contribution in [0, 0.1) is 18.3 Å². The summed E-state index contributed by atoms with van der Waals surface area (Å²) in [6.07, 6.45) is 0.700. The fourth-order valence-electron chi connectivity index (χ4n) is 2.42. The Morgan fingerprint density at radius 1 is 1.05 bits per heavy atom. The van der Waals surface area contributed by atoms with E-state index in [9.17, 15) is 5.26 Å². The third-order valence-electron chi connectivity index (χ3n) is 3.83.